The average molecular weight is 283 g/mol. The molecule has 0 aliphatic rings. The molecule has 0 aliphatic carbocycles. The van der Waals surface area contributed by atoms with Crippen molar-refractivity contribution in [2.75, 3.05) is 0 Å². The van der Waals surface area contributed by atoms with Crippen molar-refractivity contribution in [3.05, 3.63) is 53.9 Å². The lowest BCUT2D eigenvalue weighted by atomic mass is 9.82. The molecule has 1 aromatic heterocycles. The lowest BCUT2D eigenvalue weighted by Gasteiger charge is -2.23. The van der Waals surface area contributed by atoms with Crippen LogP contribution in [0.25, 0.3) is 0 Å². The second-order valence-electron chi connectivity index (χ2n) is 5.65. The molecule has 4 heteroatoms. The first-order valence-electron chi connectivity index (χ1n) is 7.01. The van der Waals surface area contributed by atoms with Gasteiger partial charge in [0, 0.05) is 6.20 Å². The van der Waals surface area contributed by atoms with Crippen LogP contribution in [0.5, 0.6) is 11.5 Å². The zero-order valence-corrected chi connectivity index (χ0v) is 12.7. The fraction of sp³-hybridized carbons (Fsp3) is 0.294. The minimum absolute atomic E-state index is 0.0314. The van der Waals surface area contributed by atoms with Crippen molar-refractivity contribution < 1.29 is 4.74 Å². The monoisotopic (exact) mass is 283 g/mol. The van der Waals surface area contributed by atoms with E-state index in [1.165, 1.54) is 5.56 Å². The summed E-state index contributed by atoms with van der Waals surface area (Å²) in [5.41, 5.74) is 7.51. The number of nitrogens with two attached hydrogens (primary N) is 1. The van der Waals surface area contributed by atoms with Crippen LogP contribution in [-0.2, 0) is 5.41 Å². The van der Waals surface area contributed by atoms with E-state index in [1.54, 1.807) is 18.5 Å². The van der Waals surface area contributed by atoms with E-state index in [0.717, 1.165) is 6.42 Å². The fourth-order valence-corrected chi connectivity index (χ4v) is 1.99. The van der Waals surface area contributed by atoms with Crippen LogP contribution in [0.15, 0.2) is 42.7 Å². The van der Waals surface area contributed by atoms with E-state index in [9.17, 15) is 0 Å². The van der Waals surface area contributed by atoms with Gasteiger partial charge in [0.15, 0.2) is 5.75 Å². The SMILES string of the molecule is CCC(C)(C)c1ccc(Oc2cnccc2C(=N)N)cc1. The van der Waals surface area contributed by atoms with Crippen molar-refractivity contribution in [1.82, 2.24) is 4.98 Å². The standard InChI is InChI=1S/C17H21N3O/c1-4-17(2,3)12-5-7-13(8-6-12)21-15-11-20-10-9-14(15)16(18)19/h5-11H,4H2,1-3H3,(H3,18,19). The molecular weight excluding hydrogens is 262 g/mol. The van der Waals surface area contributed by atoms with Crippen molar-refractivity contribution in [2.24, 2.45) is 5.73 Å². The van der Waals surface area contributed by atoms with Crippen LogP contribution in [0.2, 0.25) is 0 Å². The summed E-state index contributed by atoms with van der Waals surface area (Å²) in [5, 5.41) is 7.55. The Morgan fingerprint density at radius 2 is 1.90 bits per heavy atom. The Bertz CT molecular complexity index is 633. The van der Waals surface area contributed by atoms with Gasteiger partial charge in [0.1, 0.15) is 11.6 Å². The number of hydrogen-bond acceptors (Lipinski definition) is 3. The van der Waals surface area contributed by atoms with Gasteiger partial charge in [-0.3, -0.25) is 10.4 Å². The molecule has 0 saturated carbocycles. The van der Waals surface area contributed by atoms with Crippen LogP contribution in [0, 0.1) is 5.41 Å². The number of aromatic nitrogens is 1. The lowest BCUT2D eigenvalue weighted by molar-refractivity contribution is 0.475. The summed E-state index contributed by atoms with van der Waals surface area (Å²) in [5.74, 6) is 1.17. The molecule has 21 heavy (non-hydrogen) atoms. The molecule has 110 valence electrons. The molecule has 0 bridgehead atoms. The first-order valence-corrected chi connectivity index (χ1v) is 7.01. The van der Waals surface area contributed by atoms with Gasteiger partial charge in [-0.05, 0) is 35.6 Å². The second kappa shape index (κ2) is 5.95. The van der Waals surface area contributed by atoms with E-state index >= 15 is 0 Å². The zero-order valence-electron chi connectivity index (χ0n) is 12.7. The van der Waals surface area contributed by atoms with Crippen LogP contribution in [0.1, 0.15) is 38.3 Å². The quantitative estimate of drug-likeness (QED) is 0.646. The molecule has 2 rings (SSSR count). The molecule has 0 amide bonds. The average Bonchev–Trinajstić information content (AvgIpc) is 2.48. The minimum atomic E-state index is -0.0314. The van der Waals surface area contributed by atoms with Gasteiger partial charge in [0.25, 0.3) is 0 Å². The molecule has 1 aromatic carbocycles. The normalized spacial score (nSPS) is 11.2. The summed E-state index contributed by atoms with van der Waals surface area (Å²) >= 11 is 0. The highest BCUT2D eigenvalue weighted by Crippen LogP contribution is 2.30. The molecule has 0 aliphatic heterocycles. The molecule has 4 nitrogen and oxygen atoms in total. The third-order valence-electron chi connectivity index (χ3n) is 3.82. The van der Waals surface area contributed by atoms with Gasteiger partial charge in [-0.25, -0.2) is 0 Å². The molecule has 0 unspecified atom stereocenters. The molecule has 0 radical (unpaired) electrons. The van der Waals surface area contributed by atoms with Gasteiger partial charge in [0.2, 0.25) is 0 Å². The predicted molar refractivity (Wildman–Crippen MR) is 85.1 cm³/mol. The summed E-state index contributed by atoms with van der Waals surface area (Å²) < 4.78 is 5.79. The summed E-state index contributed by atoms with van der Waals surface area (Å²) in [6.07, 6.45) is 4.24. The van der Waals surface area contributed by atoms with Crippen LogP contribution in [0.3, 0.4) is 0 Å². The maximum atomic E-state index is 7.55. The summed E-state index contributed by atoms with van der Waals surface area (Å²) in [6.45, 7) is 6.62. The van der Waals surface area contributed by atoms with Gasteiger partial charge in [0.05, 0.1) is 11.8 Å². The Morgan fingerprint density at radius 1 is 1.24 bits per heavy atom. The Morgan fingerprint density at radius 3 is 2.48 bits per heavy atom. The van der Waals surface area contributed by atoms with E-state index < -0.39 is 0 Å². The third kappa shape index (κ3) is 3.40. The lowest BCUT2D eigenvalue weighted by Crippen LogP contribution is -2.15. The maximum absolute atomic E-state index is 7.55. The van der Waals surface area contributed by atoms with E-state index in [0.29, 0.717) is 17.1 Å². The first kappa shape index (κ1) is 15.0. The third-order valence-corrected chi connectivity index (χ3v) is 3.82. The Balaban J connectivity index is 2.24. The molecule has 0 spiro atoms. The number of ether oxygens (including phenoxy) is 1. The first-order chi connectivity index (χ1) is 9.94. The second-order valence-corrected chi connectivity index (χ2v) is 5.65. The smallest absolute Gasteiger partial charge is 0.156 e. The topological polar surface area (TPSA) is 72.0 Å². The van der Waals surface area contributed by atoms with Crippen molar-refractivity contribution in [2.45, 2.75) is 32.6 Å². The fourth-order valence-electron chi connectivity index (χ4n) is 1.99. The highest BCUT2D eigenvalue weighted by Gasteiger charge is 2.17. The van der Waals surface area contributed by atoms with Crippen molar-refractivity contribution in [3.63, 3.8) is 0 Å². The van der Waals surface area contributed by atoms with Crippen LogP contribution < -0.4 is 10.5 Å². The maximum Gasteiger partial charge on any atom is 0.156 e. The number of nitrogen functional groups attached to an aromatic ring is 1. The molecule has 3 N–H and O–H groups in total. The summed E-state index contributed by atoms with van der Waals surface area (Å²) in [7, 11) is 0. The van der Waals surface area contributed by atoms with Gasteiger partial charge < -0.3 is 10.5 Å². The van der Waals surface area contributed by atoms with E-state index in [2.05, 4.69) is 37.9 Å². The number of nitrogens with one attached hydrogen (secondary N) is 1. The van der Waals surface area contributed by atoms with Gasteiger partial charge >= 0.3 is 0 Å². The highest BCUT2D eigenvalue weighted by atomic mass is 16.5. The van der Waals surface area contributed by atoms with Crippen molar-refractivity contribution >= 4 is 5.84 Å². The van der Waals surface area contributed by atoms with Gasteiger partial charge in [-0.15, -0.1) is 0 Å². The molecule has 0 fully saturated rings. The summed E-state index contributed by atoms with van der Waals surface area (Å²) in [4.78, 5) is 4.02. The zero-order chi connectivity index (χ0) is 15.5. The van der Waals surface area contributed by atoms with E-state index in [-0.39, 0.29) is 11.3 Å². The minimum Gasteiger partial charge on any atom is -0.455 e. The van der Waals surface area contributed by atoms with Crippen molar-refractivity contribution in [1.29, 1.82) is 5.41 Å². The van der Waals surface area contributed by atoms with Gasteiger partial charge in [-0.2, -0.15) is 0 Å². The molecule has 2 aromatic rings. The molecule has 0 atom stereocenters. The Kier molecular flexibility index (Phi) is 4.26. The van der Waals surface area contributed by atoms with E-state index in [1.807, 2.05) is 12.1 Å². The number of pyridine rings is 1. The summed E-state index contributed by atoms with van der Waals surface area (Å²) in [6, 6.07) is 9.69. The molecule has 0 saturated heterocycles. The van der Waals surface area contributed by atoms with Crippen LogP contribution >= 0.6 is 0 Å². The number of benzene rings is 1. The Labute approximate surface area is 125 Å². The van der Waals surface area contributed by atoms with Crippen LogP contribution in [0.4, 0.5) is 0 Å². The number of nitrogens with zero attached hydrogens (tertiary/aromatic N) is 1. The highest BCUT2D eigenvalue weighted by molar-refractivity contribution is 5.97. The number of rotatable bonds is 5. The largest absolute Gasteiger partial charge is 0.455 e. The van der Waals surface area contributed by atoms with E-state index in [4.69, 9.17) is 15.9 Å². The van der Waals surface area contributed by atoms with Gasteiger partial charge in [-0.1, -0.05) is 32.9 Å². The Hall–Kier alpha value is -2.36. The number of hydrogen-bond donors (Lipinski definition) is 2. The number of amidine groups is 1. The predicted octanol–water partition coefficient (Wildman–Crippen LogP) is 3.85. The molecule has 1 heterocycles. The molecular formula is C17H21N3O. The van der Waals surface area contributed by atoms with Crippen LogP contribution in [-0.4, -0.2) is 10.8 Å². The van der Waals surface area contributed by atoms with Crippen molar-refractivity contribution in [3.8, 4) is 11.5 Å².